The predicted molar refractivity (Wildman–Crippen MR) is 62.1 cm³/mol. The van der Waals surface area contributed by atoms with E-state index in [4.69, 9.17) is 14.6 Å². The first-order valence-electron chi connectivity index (χ1n) is 6.40. The molecule has 18 heavy (non-hydrogen) atoms. The van der Waals surface area contributed by atoms with E-state index in [1.165, 1.54) is 0 Å². The van der Waals surface area contributed by atoms with Crippen molar-refractivity contribution >= 4 is 11.9 Å². The summed E-state index contributed by atoms with van der Waals surface area (Å²) in [6.45, 7) is 3.70. The SMILES string of the molecule is CCC1CN(C(=O)C2CCC(C(=O)O)O2)CCO1. The second-order valence-corrected chi connectivity index (χ2v) is 4.71. The molecule has 1 amide bonds. The third kappa shape index (κ3) is 2.81. The number of morpholine rings is 1. The van der Waals surface area contributed by atoms with Crippen molar-refractivity contribution < 1.29 is 24.2 Å². The van der Waals surface area contributed by atoms with Gasteiger partial charge in [0.2, 0.25) is 0 Å². The van der Waals surface area contributed by atoms with Crippen molar-refractivity contribution in [2.75, 3.05) is 19.7 Å². The summed E-state index contributed by atoms with van der Waals surface area (Å²) in [6.07, 6.45) is 0.424. The Morgan fingerprint density at radius 1 is 1.33 bits per heavy atom. The summed E-state index contributed by atoms with van der Waals surface area (Å²) in [5, 5.41) is 8.83. The van der Waals surface area contributed by atoms with E-state index < -0.39 is 18.2 Å². The Balaban J connectivity index is 1.89. The monoisotopic (exact) mass is 257 g/mol. The Bertz CT molecular complexity index is 332. The van der Waals surface area contributed by atoms with Crippen molar-refractivity contribution in [2.45, 2.75) is 44.5 Å². The second-order valence-electron chi connectivity index (χ2n) is 4.71. The zero-order valence-electron chi connectivity index (χ0n) is 10.5. The highest BCUT2D eigenvalue weighted by atomic mass is 16.5. The average molecular weight is 257 g/mol. The maximum absolute atomic E-state index is 12.2. The van der Waals surface area contributed by atoms with Crippen LogP contribution in [0.5, 0.6) is 0 Å². The number of ether oxygens (including phenoxy) is 2. The molecule has 2 aliphatic heterocycles. The van der Waals surface area contributed by atoms with Crippen LogP contribution in [0.2, 0.25) is 0 Å². The highest BCUT2D eigenvalue weighted by molar-refractivity contribution is 5.82. The van der Waals surface area contributed by atoms with Crippen molar-refractivity contribution in [3.63, 3.8) is 0 Å². The zero-order chi connectivity index (χ0) is 13.1. The molecule has 0 spiro atoms. The van der Waals surface area contributed by atoms with Crippen LogP contribution in [0.15, 0.2) is 0 Å². The molecule has 1 N–H and O–H groups in total. The molecule has 0 aliphatic carbocycles. The highest BCUT2D eigenvalue weighted by Gasteiger charge is 2.37. The molecule has 0 radical (unpaired) electrons. The van der Waals surface area contributed by atoms with Crippen LogP contribution in [-0.4, -0.2) is 59.9 Å². The molecule has 3 atom stereocenters. The summed E-state index contributed by atoms with van der Waals surface area (Å²) in [6, 6.07) is 0. The van der Waals surface area contributed by atoms with Gasteiger partial charge in [-0.05, 0) is 19.3 Å². The van der Waals surface area contributed by atoms with Crippen molar-refractivity contribution in [1.82, 2.24) is 4.90 Å². The molecule has 0 bridgehead atoms. The van der Waals surface area contributed by atoms with Gasteiger partial charge in [0.05, 0.1) is 12.7 Å². The van der Waals surface area contributed by atoms with Gasteiger partial charge in [-0.3, -0.25) is 4.79 Å². The first kappa shape index (κ1) is 13.3. The first-order valence-corrected chi connectivity index (χ1v) is 6.40. The Kier molecular flexibility index (Phi) is 4.19. The maximum Gasteiger partial charge on any atom is 0.332 e. The number of hydrogen-bond acceptors (Lipinski definition) is 4. The lowest BCUT2D eigenvalue weighted by molar-refractivity contribution is -0.158. The Morgan fingerprint density at radius 3 is 2.67 bits per heavy atom. The Labute approximate surface area is 106 Å². The van der Waals surface area contributed by atoms with E-state index in [2.05, 4.69) is 0 Å². The molecule has 0 aromatic carbocycles. The van der Waals surface area contributed by atoms with Gasteiger partial charge in [-0.1, -0.05) is 6.92 Å². The van der Waals surface area contributed by atoms with E-state index in [-0.39, 0.29) is 12.0 Å². The molecule has 2 rings (SSSR count). The fourth-order valence-corrected chi connectivity index (χ4v) is 2.37. The van der Waals surface area contributed by atoms with Gasteiger partial charge in [0, 0.05) is 13.1 Å². The average Bonchev–Trinajstić information content (AvgIpc) is 2.87. The number of carboxylic acid groups (broad SMARTS) is 1. The summed E-state index contributed by atoms with van der Waals surface area (Å²) >= 11 is 0. The van der Waals surface area contributed by atoms with E-state index in [9.17, 15) is 9.59 Å². The van der Waals surface area contributed by atoms with E-state index in [1.54, 1.807) is 4.90 Å². The van der Waals surface area contributed by atoms with Crippen LogP contribution in [-0.2, 0) is 19.1 Å². The van der Waals surface area contributed by atoms with Gasteiger partial charge in [-0.15, -0.1) is 0 Å². The number of nitrogens with zero attached hydrogens (tertiary/aromatic N) is 1. The number of amides is 1. The minimum atomic E-state index is -0.987. The summed E-state index contributed by atoms with van der Waals surface area (Å²) in [5.41, 5.74) is 0. The van der Waals surface area contributed by atoms with Crippen LogP contribution >= 0.6 is 0 Å². The van der Waals surface area contributed by atoms with Gasteiger partial charge in [0.1, 0.15) is 6.10 Å². The standard InChI is InChI=1S/C12H19NO5/c1-2-8-7-13(5-6-17-8)11(14)9-3-4-10(18-9)12(15)16/h8-10H,2-7H2,1H3,(H,15,16). The van der Waals surface area contributed by atoms with Gasteiger partial charge < -0.3 is 19.5 Å². The molecule has 6 heteroatoms. The second kappa shape index (κ2) is 5.67. The van der Waals surface area contributed by atoms with Gasteiger partial charge in [0.25, 0.3) is 5.91 Å². The molecule has 0 aromatic heterocycles. The van der Waals surface area contributed by atoms with Crippen LogP contribution in [0.4, 0.5) is 0 Å². The fourth-order valence-electron chi connectivity index (χ4n) is 2.37. The van der Waals surface area contributed by atoms with E-state index in [1.807, 2.05) is 6.92 Å². The number of hydrogen-bond donors (Lipinski definition) is 1. The van der Waals surface area contributed by atoms with Crippen LogP contribution in [0.25, 0.3) is 0 Å². The number of carbonyl (C=O) groups is 2. The quantitative estimate of drug-likeness (QED) is 0.784. The summed E-state index contributed by atoms with van der Waals surface area (Å²) < 4.78 is 10.8. The van der Waals surface area contributed by atoms with Crippen molar-refractivity contribution in [3.8, 4) is 0 Å². The van der Waals surface area contributed by atoms with Crippen LogP contribution in [0.3, 0.4) is 0 Å². The van der Waals surface area contributed by atoms with Crippen LogP contribution < -0.4 is 0 Å². The molecule has 2 fully saturated rings. The lowest BCUT2D eigenvalue weighted by atomic mass is 10.1. The van der Waals surface area contributed by atoms with E-state index in [0.717, 1.165) is 6.42 Å². The minimum Gasteiger partial charge on any atom is -0.479 e. The number of rotatable bonds is 3. The van der Waals surface area contributed by atoms with Crippen LogP contribution in [0.1, 0.15) is 26.2 Å². The van der Waals surface area contributed by atoms with E-state index in [0.29, 0.717) is 32.5 Å². The molecule has 6 nitrogen and oxygen atoms in total. The number of aliphatic carboxylic acids is 1. The van der Waals surface area contributed by atoms with Crippen molar-refractivity contribution in [2.24, 2.45) is 0 Å². The molecule has 2 aliphatic rings. The lowest BCUT2D eigenvalue weighted by Gasteiger charge is -2.33. The summed E-state index contributed by atoms with van der Waals surface area (Å²) in [4.78, 5) is 24.7. The van der Waals surface area contributed by atoms with Crippen molar-refractivity contribution in [3.05, 3.63) is 0 Å². The molecule has 3 unspecified atom stereocenters. The van der Waals surface area contributed by atoms with Gasteiger partial charge in [0.15, 0.2) is 6.10 Å². The zero-order valence-corrected chi connectivity index (χ0v) is 10.5. The third-order valence-electron chi connectivity index (χ3n) is 3.48. The molecule has 2 heterocycles. The predicted octanol–water partition coefficient (Wildman–Crippen LogP) is 0.256. The molecule has 0 aromatic rings. The number of carboxylic acids is 1. The smallest absolute Gasteiger partial charge is 0.332 e. The summed E-state index contributed by atoms with van der Waals surface area (Å²) in [7, 11) is 0. The van der Waals surface area contributed by atoms with Gasteiger partial charge >= 0.3 is 5.97 Å². The largest absolute Gasteiger partial charge is 0.479 e. The van der Waals surface area contributed by atoms with E-state index >= 15 is 0 Å². The van der Waals surface area contributed by atoms with Crippen LogP contribution in [0, 0.1) is 0 Å². The van der Waals surface area contributed by atoms with Gasteiger partial charge in [-0.2, -0.15) is 0 Å². The minimum absolute atomic E-state index is 0.0828. The fraction of sp³-hybridized carbons (Fsp3) is 0.833. The number of carbonyl (C=O) groups excluding carboxylic acids is 1. The molecule has 0 saturated carbocycles. The third-order valence-corrected chi connectivity index (χ3v) is 3.48. The van der Waals surface area contributed by atoms with Gasteiger partial charge in [-0.25, -0.2) is 4.79 Å². The summed E-state index contributed by atoms with van der Waals surface area (Å²) in [5.74, 6) is -1.08. The molecule has 102 valence electrons. The molecular weight excluding hydrogens is 238 g/mol. The lowest BCUT2D eigenvalue weighted by Crippen LogP contribution is -2.49. The first-order chi connectivity index (χ1) is 8.61. The van der Waals surface area contributed by atoms with Crippen molar-refractivity contribution in [1.29, 1.82) is 0 Å². The normalized spacial score (nSPS) is 32.5. The highest BCUT2D eigenvalue weighted by Crippen LogP contribution is 2.22. The maximum atomic E-state index is 12.2. The Morgan fingerprint density at radius 2 is 2.06 bits per heavy atom. The Hall–Kier alpha value is -1.14. The molecule has 2 saturated heterocycles. The topological polar surface area (TPSA) is 76.1 Å². The molecular formula is C12H19NO5.